The molecular formula is C12H19NO2. The highest BCUT2D eigenvalue weighted by atomic mass is 16.3. The molecule has 2 aliphatic rings. The lowest BCUT2D eigenvalue weighted by atomic mass is 9.91. The molecule has 1 amide bonds. The van der Waals surface area contributed by atoms with E-state index in [1.807, 2.05) is 11.0 Å². The Labute approximate surface area is 90.8 Å². The zero-order valence-electron chi connectivity index (χ0n) is 9.06. The Kier molecular flexibility index (Phi) is 3.10. The molecule has 0 aromatic heterocycles. The van der Waals surface area contributed by atoms with Crippen LogP contribution in [0.15, 0.2) is 12.7 Å². The molecule has 1 heterocycles. The summed E-state index contributed by atoms with van der Waals surface area (Å²) in [5, 5.41) is 9.89. The molecule has 2 rings (SSSR count). The molecule has 3 heteroatoms. The lowest BCUT2D eigenvalue weighted by Gasteiger charge is -2.35. The summed E-state index contributed by atoms with van der Waals surface area (Å²) in [5.41, 5.74) is 0. The first kappa shape index (κ1) is 10.7. The topological polar surface area (TPSA) is 40.5 Å². The lowest BCUT2D eigenvalue weighted by Crippen LogP contribution is -2.46. The van der Waals surface area contributed by atoms with E-state index in [2.05, 4.69) is 6.58 Å². The average Bonchev–Trinajstić information content (AvgIpc) is 2.60. The quantitative estimate of drug-likeness (QED) is 0.697. The predicted molar refractivity (Wildman–Crippen MR) is 58.3 cm³/mol. The summed E-state index contributed by atoms with van der Waals surface area (Å²) in [6, 6.07) is 0.0659. The van der Waals surface area contributed by atoms with Gasteiger partial charge in [0.1, 0.15) is 0 Å². The van der Waals surface area contributed by atoms with Crippen LogP contribution in [0.3, 0.4) is 0 Å². The number of amides is 1. The summed E-state index contributed by atoms with van der Waals surface area (Å²) in [5.74, 6) is 0.470. The second-order valence-electron chi connectivity index (χ2n) is 4.67. The Bertz CT molecular complexity index is 264. The van der Waals surface area contributed by atoms with Crippen molar-refractivity contribution >= 4 is 5.91 Å². The zero-order valence-corrected chi connectivity index (χ0v) is 9.06. The number of aliphatic hydroxyl groups excluding tert-OH is 1. The highest BCUT2D eigenvalue weighted by Gasteiger charge is 2.37. The molecule has 3 nitrogen and oxygen atoms in total. The van der Waals surface area contributed by atoms with Crippen LogP contribution in [0.1, 0.15) is 32.1 Å². The van der Waals surface area contributed by atoms with Crippen LogP contribution in [-0.2, 0) is 4.79 Å². The van der Waals surface area contributed by atoms with Crippen molar-refractivity contribution in [3.63, 3.8) is 0 Å². The number of carbonyl (C=O) groups is 1. The summed E-state index contributed by atoms with van der Waals surface area (Å²) in [6.07, 6.45) is 6.13. The third-order valence-electron chi connectivity index (χ3n) is 3.62. The molecule has 0 bridgehead atoms. The van der Waals surface area contributed by atoms with Crippen molar-refractivity contribution in [1.29, 1.82) is 0 Å². The van der Waals surface area contributed by atoms with Gasteiger partial charge in [-0.2, -0.15) is 0 Å². The molecule has 0 aromatic rings. The molecule has 84 valence electrons. The van der Waals surface area contributed by atoms with Gasteiger partial charge in [0.25, 0.3) is 0 Å². The SMILES string of the molecule is C=CC1CC(=O)N([C@H]2CCCC[C@@H]2O)C1. The van der Waals surface area contributed by atoms with Crippen LogP contribution in [0, 0.1) is 5.92 Å². The van der Waals surface area contributed by atoms with E-state index in [-0.39, 0.29) is 24.0 Å². The van der Waals surface area contributed by atoms with Crippen molar-refractivity contribution in [2.45, 2.75) is 44.2 Å². The minimum atomic E-state index is -0.314. The second-order valence-corrected chi connectivity index (χ2v) is 4.67. The van der Waals surface area contributed by atoms with Crippen molar-refractivity contribution in [2.24, 2.45) is 5.92 Å². The maximum absolute atomic E-state index is 11.8. The highest BCUT2D eigenvalue weighted by molar-refractivity contribution is 5.79. The van der Waals surface area contributed by atoms with E-state index in [4.69, 9.17) is 0 Å². The van der Waals surface area contributed by atoms with Crippen LogP contribution in [0.2, 0.25) is 0 Å². The average molecular weight is 209 g/mol. The Morgan fingerprint density at radius 2 is 2.13 bits per heavy atom. The second kappa shape index (κ2) is 4.35. The van der Waals surface area contributed by atoms with Crippen molar-refractivity contribution < 1.29 is 9.90 Å². The van der Waals surface area contributed by atoms with E-state index < -0.39 is 0 Å². The van der Waals surface area contributed by atoms with E-state index in [0.717, 1.165) is 32.2 Å². The van der Waals surface area contributed by atoms with Gasteiger partial charge in [0.15, 0.2) is 0 Å². The van der Waals surface area contributed by atoms with Gasteiger partial charge in [0.05, 0.1) is 12.1 Å². The fraction of sp³-hybridized carbons (Fsp3) is 0.750. The van der Waals surface area contributed by atoms with Crippen LogP contribution >= 0.6 is 0 Å². The van der Waals surface area contributed by atoms with Crippen LogP contribution < -0.4 is 0 Å². The Morgan fingerprint density at radius 1 is 1.40 bits per heavy atom. The Balaban J connectivity index is 2.03. The summed E-state index contributed by atoms with van der Waals surface area (Å²) >= 11 is 0. The first-order valence-electron chi connectivity index (χ1n) is 5.82. The number of rotatable bonds is 2. The van der Waals surface area contributed by atoms with Crippen molar-refractivity contribution in [1.82, 2.24) is 4.90 Å². The van der Waals surface area contributed by atoms with Gasteiger partial charge in [-0.1, -0.05) is 18.9 Å². The Hall–Kier alpha value is -0.830. The predicted octanol–water partition coefficient (Wildman–Crippen LogP) is 1.32. The molecule has 1 aliphatic heterocycles. The molecule has 15 heavy (non-hydrogen) atoms. The van der Waals surface area contributed by atoms with Gasteiger partial charge in [0, 0.05) is 18.9 Å². The van der Waals surface area contributed by atoms with Crippen LogP contribution in [0.25, 0.3) is 0 Å². The largest absolute Gasteiger partial charge is 0.391 e. The first-order chi connectivity index (χ1) is 7.22. The fourth-order valence-electron chi connectivity index (χ4n) is 2.69. The number of hydrogen-bond donors (Lipinski definition) is 1. The lowest BCUT2D eigenvalue weighted by molar-refractivity contribution is -0.133. The van der Waals surface area contributed by atoms with E-state index in [9.17, 15) is 9.90 Å². The summed E-state index contributed by atoms with van der Waals surface area (Å²) in [6.45, 7) is 4.49. The highest BCUT2D eigenvalue weighted by Crippen LogP contribution is 2.29. The molecule has 1 N–H and O–H groups in total. The number of hydrogen-bond acceptors (Lipinski definition) is 2. The molecule has 0 spiro atoms. The Morgan fingerprint density at radius 3 is 2.73 bits per heavy atom. The zero-order chi connectivity index (χ0) is 10.8. The van der Waals surface area contributed by atoms with Gasteiger partial charge in [-0.25, -0.2) is 0 Å². The van der Waals surface area contributed by atoms with Crippen molar-refractivity contribution in [3.05, 3.63) is 12.7 Å². The monoisotopic (exact) mass is 209 g/mol. The van der Waals surface area contributed by atoms with Crippen LogP contribution in [-0.4, -0.2) is 34.6 Å². The normalized spacial score (nSPS) is 37.0. The van der Waals surface area contributed by atoms with Gasteiger partial charge in [-0.3, -0.25) is 4.79 Å². The van der Waals surface area contributed by atoms with Gasteiger partial charge in [0.2, 0.25) is 5.91 Å². The molecule has 2 fully saturated rings. The molecular weight excluding hydrogens is 190 g/mol. The minimum absolute atomic E-state index is 0.0659. The van der Waals surface area contributed by atoms with Gasteiger partial charge >= 0.3 is 0 Å². The number of likely N-dealkylation sites (tertiary alicyclic amines) is 1. The fourth-order valence-corrected chi connectivity index (χ4v) is 2.69. The maximum Gasteiger partial charge on any atom is 0.223 e. The van der Waals surface area contributed by atoms with Crippen molar-refractivity contribution in [2.75, 3.05) is 6.54 Å². The molecule has 1 aliphatic carbocycles. The molecule has 1 unspecified atom stereocenters. The molecule has 0 aromatic carbocycles. The van der Waals surface area contributed by atoms with E-state index in [1.54, 1.807) is 0 Å². The first-order valence-corrected chi connectivity index (χ1v) is 5.82. The summed E-state index contributed by atoms with van der Waals surface area (Å²) in [7, 11) is 0. The maximum atomic E-state index is 11.8. The third kappa shape index (κ3) is 2.07. The van der Waals surface area contributed by atoms with E-state index in [0.29, 0.717) is 6.42 Å². The van der Waals surface area contributed by atoms with Crippen LogP contribution in [0.5, 0.6) is 0 Å². The smallest absolute Gasteiger partial charge is 0.223 e. The molecule has 1 saturated heterocycles. The third-order valence-corrected chi connectivity index (χ3v) is 3.62. The van der Waals surface area contributed by atoms with E-state index >= 15 is 0 Å². The van der Waals surface area contributed by atoms with E-state index in [1.165, 1.54) is 0 Å². The molecule has 0 radical (unpaired) electrons. The standard InChI is InChI=1S/C12H19NO2/c1-2-9-7-12(15)13(8-9)10-5-3-4-6-11(10)14/h2,9-11,14H,1,3-8H2/t9?,10-,11-/m0/s1. The molecule has 3 atom stereocenters. The number of carbonyl (C=O) groups excluding carboxylic acids is 1. The minimum Gasteiger partial charge on any atom is -0.391 e. The van der Waals surface area contributed by atoms with Gasteiger partial charge in [-0.15, -0.1) is 6.58 Å². The number of nitrogens with zero attached hydrogens (tertiary/aromatic N) is 1. The van der Waals surface area contributed by atoms with Crippen LogP contribution in [0.4, 0.5) is 0 Å². The number of aliphatic hydroxyl groups is 1. The molecule has 1 saturated carbocycles. The van der Waals surface area contributed by atoms with Crippen molar-refractivity contribution in [3.8, 4) is 0 Å². The summed E-state index contributed by atoms with van der Waals surface area (Å²) < 4.78 is 0. The van der Waals surface area contributed by atoms with Gasteiger partial charge < -0.3 is 10.0 Å². The summed E-state index contributed by atoms with van der Waals surface area (Å²) in [4.78, 5) is 13.6. The van der Waals surface area contributed by atoms with Gasteiger partial charge in [-0.05, 0) is 12.8 Å².